The molecule has 2 aliphatic rings. The van der Waals surface area contributed by atoms with Crippen molar-refractivity contribution in [2.24, 2.45) is 0 Å². The van der Waals surface area contributed by atoms with E-state index in [1.54, 1.807) is 11.3 Å². The highest BCUT2D eigenvalue weighted by atomic mass is 32.1. The second kappa shape index (κ2) is 4.83. The first-order valence-electron chi connectivity index (χ1n) is 7.17. The molecule has 0 amide bonds. The average molecular weight is 284 g/mol. The Hall–Kier alpha value is -1.45. The highest BCUT2D eigenvalue weighted by Crippen LogP contribution is 2.31. The van der Waals surface area contributed by atoms with E-state index >= 15 is 0 Å². The van der Waals surface area contributed by atoms with Gasteiger partial charge in [0.1, 0.15) is 0 Å². The van der Waals surface area contributed by atoms with E-state index in [-0.39, 0.29) is 5.78 Å². The van der Waals surface area contributed by atoms with Crippen LogP contribution in [0.25, 0.3) is 0 Å². The predicted octanol–water partition coefficient (Wildman–Crippen LogP) is 3.89. The number of aryl methyl sites for hydroxylation is 2. The molecule has 0 atom stereocenters. The van der Waals surface area contributed by atoms with Gasteiger partial charge in [-0.05, 0) is 54.5 Å². The minimum Gasteiger partial charge on any atom is -0.372 e. The fourth-order valence-corrected chi connectivity index (χ4v) is 4.27. The molecular weight excluding hydrogens is 268 g/mol. The van der Waals surface area contributed by atoms with Gasteiger partial charge in [-0.2, -0.15) is 0 Å². The number of ether oxygens (including phenoxy) is 1. The Kier molecular flexibility index (Phi) is 2.97. The third-order valence-corrected chi connectivity index (χ3v) is 5.44. The summed E-state index contributed by atoms with van der Waals surface area (Å²) in [4.78, 5) is 15.0. The van der Waals surface area contributed by atoms with Gasteiger partial charge in [0.15, 0.2) is 0 Å². The van der Waals surface area contributed by atoms with Gasteiger partial charge in [-0.3, -0.25) is 4.79 Å². The lowest BCUT2D eigenvalue weighted by molar-refractivity contribution is 0.104. The van der Waals surface area contributed by atoms with Gasteiger partial charge >= 0.3 is 0 Å². The third kappa shape index (κ3) is 2.02. The first kappa shape index (κ1) is 12.3. The van der Waals surface area contributed by atoms with Gasteiger partial charge in [-0.1, -0.05) is 12.1 Å². The van der Waals surface area contributed by atoms with Crippen molar-refractivity contribution in [3.63, 3.8) is 0 Å². The fourth-order valence-electron chi connectivity index (χ4n) is 3.06. The van der Waals surface area contributed by atoms with Crippen LogP contribution in [-0.2, 0) is 30.8 Å². The van der Waals surface area contributed by atoms with Crippen LogP contribution in [0, 0.1) is 0 Å². The average Bonchev–Trinajstić information content (AvgIpc) is 3.11. The van der Waals surface area contributed by atoms with E-state index in [1.807, 2.05) is 18.2 Å². The maximum atomic E-state index is 12.6. The molecule has 0 radical (unpaired) electrons. The monoisotopic (exact) mass is 284 g/mol. The molecule has 20 heavy (non-hydrogen) atoms. The van der Waals surface area contributed by atoms with Crippen molar-refractivity contribution in [3.8, 4) is 0 Å². The third-order valence-electron chi connectivity index (χ3n) is 4.20. The van der Waals surface area contributed by atoms with Gasteiger partial charge in [0, 0.05) is 10.4 Å². The van der Waals surface area contributed by atoms with Gasteiger partial charge in [-0.15, -0.1) is 11.3 Å². The number of hydrogen-bond acceptors (Lipinski definition) is 3. The van der Waals surface area contributed by atoms with E-state index in [1.165, 1.54) is 28.8 Å². The van der Waals surface area contributed by atoms with Gasteiger partial charge in [-0.25, -0.2) is 0 Å². The first-order chi connectivity index (χ1) is 9.81. The Labute approximate surface area is 122 Å². The van der Waals surface area contributed by atoms with Crippen molar-refractivity contribution in [1.29, 1.82) is 0 Å². The normalized spacial score (nSPS) is 16.8. The SMILES string of the molecule is O=C(c1ccc2c(c1)COC2)c1cc2c(s1)CCCC2. The van der Waals surface area contributed by atoms with E-state index in [4.69, 9.17) is 4.74 Å². The highest BCUT2D eigenvalue weighted by Gasteiger charge is 2.20. The number of rotatable bonds is 2. The molecule has 1 aromatic carbocycles. The molecule has 0 spiro atoms. The standard InChI is InChI=1S/C17H16O2S/c18-17(12-5-6-13-9-19-10-14(13)7-12)16-8-11-3-1-2-4-15(11)20-16/h5-8H,1-4,9-10H2. The Morgan fingerprint density at radius 3 is 2.75 bits per heavy atom. The van der Waals surface area contributed by atoms with Crippen molar-refractivity contribution in [1.82, 2.24) is 0 Å². The molecular formula is C17H16O2S. The van der Waals surface area contributed by atoms with Gasteiger partial charge < -0.3 is 4.74 Å². The molecule has 2 heterocycles. The Balaban J connectivity index is 1.68. The zero-order valence-corrected chi connectivity index (χ0v) is 12.1. The van der Waals surface area contributed by atoms with Gasteiger partial charge in [0.05, 0.1) is 18.1 Å². The molecule has 4 rings (SSSR count). The fraction of sp³-hybridized carbons (Fsp3) is 0.353. The number of benzene rings is 1. The highest BCUT2D eigenvalue weighted by molar-refractivity contribution is 7.14. The Morgan fingerprint density at radius 1 is 1.00 bits per heavy atom. The summed E-state index contributed by atoms with van der Waals surface area (Å²) in [6.45, 7) is 1.31. The van der Waals surface area contributed by atoms with Crippen LogP contribution in [0.2, 0.25) is 0 Å². The first-order valence-corrected chi connectivity index (χ1v) is 7.99. The molecule has 1 aliphatic carbocycles. The number of thiophene rings is 1. The summed E-state index contributed by atoms with van der Waals surface area (Å²) in [7, 11) is 0. The molecule has 1 aromatic heterocycles. The van der Waals surface area contributed by atoms with Crippen molar-refractivity contribution in [3.05, 3.63) is 56.3 Å². The van der Waals surface area contributed by atoms with Crippen molar-refractivity contribution in [2.75, 3.05) is 0 Å². The number of hydrogen-bond donors (Lipinski definition) is 0. The van der Waals surface area contributed by atoms with E-state index < -0.39 is 0 Å². The number of ketones is 1. The van der Waals surface area contributed by atoms with Crippen LogP contribution >= 0.6 is 11.3 Å². The summed E-state index contributed by atoms with van der Waals surface area (Å²) in [6, 6.07) is 8.09. The lowest BCUT2D eigenvalue weighted by Crippen LogP contribution is -2.00. The van der Waals surface area contributed by atoms with E-state index in [0.717, 1.165) is 28.8 Å². The molecule has 3 heteroatoms. The van der Waals surface area contributed by atoms with Crippen LogP contribution < -0.4 is 0 Å². The van der Waals surface area contributed by atoms with Crippen LogP contribution in [0.4, 0.5) is 0 Å². The largest absolute Gasteiger partial charge is 0.372 e. The molecule has 0 saturated carbocycles. The zero-order chi connectivity index (χ0) is 13.5. The smallest absolute Gasteiger partial charge is 0.202 e. The zero-order valence-electron chi connectivity index (χ0n) is 11.3. The molecule has 0 saturated heterocycles. The molecule has 102 valence electrons. The molecule has 0 bridgehead atoms. The van der Waals surface area contributed by atoms with Crippen molar-refractivity contribution < 1.29 is 9.53 Å². The molecule has 1 aliphatic heterocycles. The summed E-state index contributed by atoms with van der Waals surface area (Å²) >= 11 is 1.69. The lowest BCUT2D eigenvalue weighted by Gasteiger charge is -2.08. The minimum atomic E-state index is 0.166. The molecule has 2 nitrogen and oxygen atoms in total. The van der Waals surface area contributed by atoms with E-state index in [0.29, 0.717) is 13.2 Å². The van der Waals surface area contributed by atoms with Crippen LogP contribution in [-0.4, -0.2) is 5.78 Å². The number of fused-ring (bicyclic) bond motifs is 2. The molecule has 0 N–H and O–H groups in total. The van der Waals surface area contributed by atoms with Gasteiger partial charge in [0.2, 0.25) is 5.78 Å². The maximum absolute atomic E-state index is 12.6. The molecule has 0 fully saturated rings. The lowest BCUT2D eigenvalue weighted by atomic mass is 9.98. The van der Waals surface area contributed by atoms with Gasteiger partial charge in [0.25, 0.3) is 0 Å². The van der Waals surface area contributed by atoms with Crippen LogP contribution in [0.3, 0.4) is 0 Å². The van der Waals surface area contributed by atoms with Crippen LogP contribution in [0.1, 0.15) is 49.6 Å². The quantitative estimate of drug-likeness (QED) is 0.782. The summed E-state index contributed by atoms with van der Waals surface area (Å²) < 4.78 is 5.41. The summed E-state index contributed by atoms with van der Waals surface area (Å²) in [5.41, 5.74) is 4.58. The molecule has 2 aromatic rings. The Bertz CT molecular complexity index is 661. The second-order valence-corrected chi connectivity index (χ2v) is 6.71. The summed E-state index contributed by atoms with van der Waals surface area (Å²) in [5.74, 6) is 0.166. The predicted molar refractivity (Wildman–Crippen MR) is 79.3 cm³/mol. The van der Waals surface area contributed by atoms with Crippen LogP contribution in [0.15, 0.2) is 24.3 Å². The maximum Gasteiger partial charge on any atom is 0.202 e. The van der Waals surface area contributed by atoms with Crippen molar-refractivity contribution in [2.45, 2.75) is 38.9 Å². The van der Waals surface area contributed by atoms with E-state index in [2.05, 4.69) is 6.07 Å². The molecule has 0 unspecified atom stereocenters. The Morgan fingerprint density at radius 2 is 1.85 bits per heavy atom. The van der Waals surface area contributed by atoms with Crippen LogP contribution in [0.5, 0.6) is 0 Å². The van der Waals surface area contributed by atoms with Crippen molar-refractivity contribution >= 4 is 17.1 Å². The summed E-state index contributed by atoms with van der Waals surface area (Å²) in [5, 5.41) is 0. The van der Waals surface area contributed by atoms with E-state index in [9.17, 15) is 4.79 Å². The second-order valence-electron chi connectivity index (χ2n) is 5.57. The topological polar surface area (TPSA) is 26.3 Å². The summed E-state index contributed by atoms with van der Waals surface area (Å²) in [6.07, 6.45) is 4.80. The minimum absolute atomic E-state index is 0.166. The number of carbonyl (C=O) groups is 1. The number of carbonyl (C=O) groups excluding carboxylic acids is 1.